The van der Waals surface area contributed by atoms with Crippen LogP contribution in [-0.4, -0.2) is 57.1 Å². The molecule has 0 saturated carbocycles. The van der Waals surface area contributed by atoms with Crippen molar-refractivity contribution in [3.05, 3.63) is 41.9 Å². The van der Waals surface area contributed by atoms with Gasteiger partial charge in [0, 0.05) is 16.6 Å². The molecule has 0 aliphatic rings. The topological polar surface area (TPSA) is 122 Å². The molecule has 3 rings (SSSR count). The predicted octanol–water partition coefficient (Wildman–Crippen LogP) is 3.91. The lowest BCUT2D eigenvalue weighted by Gasteiger charge is -2.03. The molecule has 0 saturated heterocycles. The van der Waals surface area contributed by atoms with E-state index in [0.717, 1.165) is 17.2 Å². The molecule has 9 nitrogen and oxygen atoms in total. The summed E-state index contributed by atoms with van der Waals surface area (Å²) in [7, 11) is 0. The first-order chi connectivity index (χ1) is 15.2. The predicted molar refractivity (Wildman–Crippen MR) is 124 cm³/mol. The Morgan fingerprint density at radius 1 is 1.16 bits per heavy atom. The fourth-order valence-corrected chi connectivity index (χ4v) is 2.33. The van der Waals surface area contributed by atoms with Gasteiger partial charge in [0.05, 0.1) is 38.3 Å². The number of anilines is 1. The first-order valence-electron chi connectivity index (χ1n) is 10.7. The van der Waals surface area contributed by atoms with E-state index in [2.05, 4.69) is 20.6 Å². The second kappa shape index (κ2) is 16.7. The summed E-state index contributed by atoms with van der Waals surface area (Å²) in [6.07, 6.45) is 2.26. The van der Waals surface area contributed by atoms with E-state index >= 15 is 0 Å². The fourth-order valence-electron chi connectivity index (χ4n) is 2.33. The van der Waals surface area contributed by atoms with E-state index in [1.807, 2.05) is 41.5 Å². The summed E-state index contributed by atoms with van der Waals surface area (Å²) in [5.41, 5.74) is 2.07. The van der Waals surface area contributed by atoms with Gasteiger partial charge in [-0.2, -0.15) is 0 Å². The quantitative estimate of drug-likeness (QED) is 0.366. The van der Waals surface area contributed by atoms with Gasteiger partial charge in [-0.05, 0) is 24.3 Å². The van der Waals surface area contributed by atoms with Crippen molar-refractivity contribution >= 4 is 28.8 Å². The van der Waals surface area contributed by atoms with Gasteiger partial charge in [0.25, 0.3) is 5.91 Å². The molecular weight excluding hydrogens is 398 g/mol. The Morgan fingerprint density at radius 3 is 2.52 bits per heavy atom. The van der Waals surface area contributed by atoms with Crippen molar-refractivity contribution in [1.29, 1.82) is 0 Å². The molecule has 0 radical (unpaired) electrons. The number of aromatic amines is 1. The Bertz CT molecular complexity index is 889. The van der Waals surface area contributed by atoms with Gasteiger partial charge in [-0.1, -0.05) is 46.8 Å². The summed E-state index contributed by atoms with van der Waals surface area (Å²) in [4.78, 5) is 26.0. The van der Waals surface area contributed by atoms with Gasteiger partial charge in [-0.3, -0.25) is 9.59 Å². The lowest BCUT2D eigenvalue weighted by molar-refractivity contribution is 0.0851. The van der Waals surface area contributed by atoms with E-state index in [1.54, 1.807) is 24.3 Å². The monoisotopic (exact) mass is 433 g/mol. The zero-order chi connectivity index (χ0) is 23.6. The molecule has 172 valence electrons. The molecule has 9 heteroatoms. The minimum atomic E-state index is -0.381. The maximum Gasteiger partial charge on any atom is 0.277 e. The third-order valence-electron chi connectivity index (χ3n) is 3.50. The van der Waals surface area contributed by atoms with Crippen LogP contribution < -0.4 is 5.32 Å². The fraction of sp³-hybridized carbons (Fsp3) is 0.455. The number of ether oxygens (including phenoxy) is 1. The highest BCUT2D eigenvalue weighted by Crippen LogP contribution is 2.20. The van der Waals surface area contributed by atoms with Crippen molar-refractivity contribution in [2.45, 2.75) is 48.1 Å². The maximum atomic E-state index is 12.2. The largest absolute Gasteiger partial charge is 0.394 e. The van der Waals surface area contributed by atoms with Gasteiger partial charge in [-0.15, -0.1) is 5.10 Å². The Labute approximate surface area is 183 Å². The lowest BCUT2D eigenvalue weighted by atomic mass is 10.2. The number of aliphatic hydroxyl groups excluding tert-OH is 1. The molecule has 2 heterocycles. The van der Waals surface area contributed by atoms with E-state index in [-0.39, 0.29) is 24.8 Å². The molecule has 1 aromatic carbocycles. The van der Waals surface area contributed by atoms with E-state index in [9.17, 15) is 9.59 Å². The average molecular weight is 434 g/mol. The molecule has 0 aliphatic heterocycles. The second-order valence-corrected chi connectivity index (χ2v) is 5.30. The van der Waals surface area contributed by atoms with E-state index in [0.29, 0.717) is 24.5 Å². The van der Waals surface area contributed by atoms with Gasteiger partial charge in [0.2, 0.25) is 0 Å². The zero-order valence-corrected chi connectivity index (χ0v) is 19.3. The Hall–Kier alpha value is -3.04. The molecule has 2 aromatic heterocycles. The van der Waals surface area contributed by atoms with Crippen LogP contribution in [0, 0.1) is 0 Å². The molecule has 3 aromatic rings. The number of fused-ring (bicyclic) bond motifs is 1. The number of carbonyl (C=O) groups excluding carboxylic acids is 2. The number of rotatable bonds is 8. The number of benzene rings is 1. The van der Waals surface area contributed by atoms with Crippen LogP contribution in [0.15, 0.2) is 30.5 Å². The average Bonchev–Trinajstić information content (AvgIpc) is 3.47. The number of aldehydes is 1. The molecule has 1 amide bonds. The minimum Gasteiger partial charge on any atom is -0.394 e. The summed E-state index contributed by atoms with van der Waals surface area (Å²) < 4.78 is 6.64. The van der Waals surface area contributed by atoms with Crippen LogP contribution in [0.2, 0.25) is 0 Å². The van der Waals surface area contributed by atoms with Crippen molar-refractivity contribution in [2.24, 2.45) is 0 Å². The standard InChI is InChI=1S/C16H17N5O4.3C2H6/c22-4-6-25-5-3-21-9-15(19-20-21)16(24)18-12-1-2-14-11(7-12)8-13(10-23)17-14;3*1-2/h1-2,7-10,17,22H,3-6H2,(H,18,24);3*1-2H3. The lowest BCUT2D eigenvalue weighted by Crippen LogP contribution is -2.12. The van der Waals surface area contributed by atoms with Crippen molar-refractivity contribution in [3.8, 4) is 0 Å². The third kappa shape index (κ3) is 9.10. The normalized spacial score (nSPS) is 9.39. The van der Waals surface area contributed by atoms with Crippen LogP contribution in [-0.2, 0) is 11.3 Å². The number of amides is 1. The molecule has 0 unspecified atom stereocenters. The highest BCUT2D eigenvalue weighted by atomic mass is 16.5. The second-order valence-electron chi connectivity index (χ2n) is 5.30. The number of aromatic nitrogens is 4. The first-order valence-corrected chi connectivity index (χ1v) is 10.7. The maximum absolute atomic E-state index is 12.2. The zero-order valence-electron chi connectivity index (χ0n) is 19.3. The van der Waals surface area contributed by atoms with Crippen LogP contribution in [0.3, 0.4) is 0 Å². The number of aliphatic hydroxyl groups is 1. The van der Waals surface area contributed by atoms with Crippen LogP contribution in [0.1, 0.15) is 62.5 Å². The number of hydrogen-bond donors (Lipinski definition) is 3. The van der Waals surface area contributed by atoms with Crippen LogP contribution in [0.25, 0.3) is 10.9 Å². The number of nitrogens with zero attached hydrogens (tertiary/aromatic N) is 3. The summed E-state index contributed by atoms with van der Waals surface area (Å²) in [5.74, 6) is -0.381. The SMILES string of the molecule is CC.CC.CC.O=Cc1cc2cc(NC(=O)c3cn(CCOCCO)nn3)ccc2[nH]1. The summed E-state index contributed by atoms with van der Waals surface area (Å²) >= 11 is 0. The van der Waals surface area contributed by atoms with Gasteiger partial charge >= 0.3 is 0 Å². The smallest absolute Gasteiger partial charge is 0.277 e. The van der Waals surface area contributed by atoms with Crippen molar-refractivity contribution < 1.29 is 19.4 Å². The number of H-pyrrole nitrogens is 1. The van der Waals surface area contributed by atoms with Crippen LogP contribution in [0.5, 0.6) is 0 Å². The molecular formula is C22H35N5O4. The molecule has 0 spiro atoms. The minimum absolute atomic E-state index is 0.0369. The van der Waals surface area contributed by atoms with Gasteiger partial charge in [-0.25, -0.2) is 4.68 Å². The Morgan fingerprint density at radius 2 is 1.87 bits per heavy atom. The van der Waals surface area contributed by atoms with Crippen LogP contribution in [0.4, 0.5) is 5.69 Å². The van der Waals surface area contributed by atoms with Crippen molar-refractivity contribution in [1.82, 2.24) is 20.0 Å². The van der Waals surface area contributed by atoms with E-state index < -0.39 is 0 Å². The molecule has 0 fully saturated rings. The van der Waals surface area contributed by atoms with E-state index in [1.165, 1.54) is 10.9 Å². The molecule has 3 N–H and O–H groups in total. The van der Waals surface area contributed by atoms with Gasteiger partial charge < -0.3 is 20.1 Å². The van der Waals surface area contributed by atoms with Gasteiger partial charge in [0.15, 0.2) is 12.0 Å². The van der Waals surface area contributed by atoms with Gasteiger partial charge in [0.1, 0.15) is 0 Å². The number of carbonyl (C=O) groups is 2. The Kier molecular flexibility index (Phi) is 15.1. The number of hydrogen-bond acceptors (Lipinski definition) is 6. The Balaban J connectivity index is 0.00000138. The summed E-state index contributed by atoms with van der Waals surface area (Å²) in [6.45, 7) is 13.0. The first kappa shape index (κ1) is 28.0. The van der Waals surface area contributed by atoms with Crippen molar-refractivity contribution in [3.63, 3.8) is 0 Å². The molecule has 0 atom stereocenters. The highest BCUT2D eigenvalue weighted by molar-refractivity contribution is 6.03. The molecule has 31 heavy (non-hydrogen) atoms. The van der Waals surface area contributed by atoms with Crippen LogP contribution >= 0.6 is 0 Å². The number of nitrogens with one attached hydrogen (secondary N) is 2. The molecule has 0 bridgehead atoms. The van der Waals surface area contributed by atoms with E-state index in [4.69, 9.17) is 9.84 Å². The van der Waals surface area contributed by atoms with Crippen molar-refractivity contribution in [2.75, 3.05) is 25.1 Å². The highest BCUT2D eigenvalue weighted by Gasteiger charge is 2.12. The molecule has 0 aliphatic carbocycles. The third-order valence-corrected chi connectivity index (χ3v) is 3.50. The summed E-state index contributed by atoms with van der Waals surface area (Å²) in [6, 6.07) is 7.00. The summed E-state index contributed by atoms with van der Waals surface area (Å²) in [5, 5.41) is 19.9.